The molecule has 3 atom stereocenters. The summed E-state index contributed by atoms with van der Waals surface area (Å²) in [4.78, 5) is 19.7. The number of carbonyl (C=O) groups excluding carboxylic acids is 1. The van der Waals surface area contributed by atoms with Crippen molar-refractivity contribution in [3.8, 4) is 5.69 Å². The monoisotopic (exact) mass is 497 g/mol. The van der Waals surface area contributed by atoms with E-state index >= 15 is 0 Å². The van der Waals surface area contributed by atoms with Crippen LogP contribution in [0.15, 0.2) is 61.4 Å². The van der Waals surface area contributed by atoms with Gasteiger partial charge in [0.15, 0.2) is 0 Å². The average Bonchev–Trinajstić information content (AvgIpc) is 3.61. The maximum absolute atomic E-state index is 14.9. The van der Waals surface area contributed by atoms with Gasteiger partial charge in [-0.25, -0.2) is 27.9 Å². The lowest BCUT2D eigenvalue weighted by molar-refractivity contribution is -0.0822. The van der Waals surface area contributed by atoms with Crippen molar-refractivity contribution in [2.24, 2.45) is 0 Å². The van der Waals surface area contributed by atoms with Gasteiger partial charge in [0.1, 0.15) is 42.4 Å². The summed E-state index contributed by atoms with van der Waals surface area (Å²) in [6.45, 7) is 1.07. The van der Waals surface area contributed by atoms with Crippen molar-refractivity contribution < 1.29 is 23.8 Å². The average molecular weight is 497 g/mol. The zero-order chi connectivity index (χ0) is 25.4. The molecule has 2 N–H and O–H groups in total. The zero-order valence-electron chi connectivity index (χ0n) is 18.9. The number of urea groups is 1. The Hall–Kier alpha value is -4.30. The van der Waals surface area contributed by atoms with Gasteiger partial charge in [0.2, 0.25) is 0 Å². The fourth-order valence-electron chi connectivity index (χ4n) is 4.38. The minimum Gasteiger partial charge on any atom is -0.381 e. The van der Waals surface area contributed by atoms with Crippen molar-refractivity contribution in [1.82, 2.24) is 39.9 Å². The fraction of sp³-hybridized carbons (Fsp3) is 0.273. The third-order valence-corrected chi connectivity index (χ3v) is 6.27. The SMILES string of the molecule is C[C@@H](N1C(=O)N(c2ccc(-n3cnnn3)cc2)C[C@@H]1O)[C@](O)(Cn1cncn1)c1ccc(F)cc1F. The Bertz CT molecular complexity index is 1350. The number of anilines is 1. The molecule has 0 unspecified atom stereocenters. The molecule has 14 heteroatoms. The van der Waals surface area contributed by atoms with E-state index in [4.69, 9.17) is 0 Å². The lowest BCUT2D eigenvalue weighted by Crippen LogP contribution is -2.55. The highest BCUT2D eigenvalue weighted by Crippen LogP contribution is 2.36. The van der Waals surface area contributed by atoms with Crippen molar-refractivity contribution >= 4 is 11.7 Å². The number of β-amino-alcohol motifs (C(OH)–C–C–N with tert-alkyl or cyclic N) is 1. The van der Waals surface area contributed by atoms with Crippen LogP contribution >= 0.6 is 0 Å². The van der Waals surface area contributed by atoms with Crippen molar-refractivity contribution in [2.45, 2.75) is 31.3 Å². The zero-order valence-corrected chi connectivity index (χ0v) is 18.9. The van der Waals surface area contributed by atoms with E-state index in [1.165, 1.54) is 40.2 Å². The van der Waals surface area contributed by atoms with E-state index in [2.05, 4.69) is 25.6 Å². The molecule has 36 heavy (non-hydrogen) atoms. The predicted molar refractivity (Wildman–Crippen MR) is 119 cm³/mol. The highest BCUT2D eigenvalue weighted by Gasteiger charge is 2.49. The van der Waals surface area contributed by atoms with E-state index in [9.17, 15) is 23.8 Å². The third kappa shape index (κ3) is 4.05. The van der Waals surface area contributed by atoms with Gasteiger partial charge in [-0.05, 0) is 47.7 Å². The van der Waals surface area contributed by atoms with E-state index in [1.54, 1.807) is 24.3 Å². The summed E-state index contributed by atoms with van der Waals surface area (Å²) < 4.78 is 31.2. The Kier molecular flexibility index (Phi) is 5.89. The second kappa shape index (κ2) is 9.05. The first-order valence-corrected chi connectivity index (χ1v) is 10.9. The van der Waals surface area contributed by atoms with Crippen LogP contribution in [0.3, 0.4) is 0 Å². The number of rotatable bonds is 7. The van der Waals surface area contributed by atoms with Crippen LogP contribution in [0.25, 0.3) is 5.69 Å². The molecule has 2 aromatic heterocycles. The van der Waals surface area contributed by atoms with Crippen LogP contribution in [0.4, 0.5) is 19.3 Å². The van der Waals surface area contributed by atoms with Crippen LogP contribution < -0.4 is 4.90 Å². The summed E-state index contributed by atoms with van der Waals surface area (Å²) in [5.74, 6) is -1.82. The largest absolute Gasteiger partial charge is 0.381 e. The van der Waals surface area contributed by atoms with Gasteiger partial charge in [0, 0.05) is 17.3 Å². The summed E-state index contributed by atoms with van der Waals surface area (Å²) in [5, 5.41) is 37.6. The van der Waals surface area contributed by atoms with Gasteiger partial charge in [-0.15, -0.1) is 5.10 Å². The summed E-state index contributed by atoms with van der Waals surface area (Å²) in [5.41, 5.74) is -1.20. The van der Waals surface area contributed by atoms with E-state index in [-0.39, 0.29) is 18.7 Å². The predicted octanol–water partition coefficient (Wildman–Crippen LogP) is 1.07. The second-order valence-electron chi connectivity index (χ2n) is 8.37. The van der Waals surface area contributed by atoms with Gasteiger partial charge in [-0.1, -0.05) is 6.07 Å². The quantitative estimate of drug-likeness (QED) is 0.387. The minimum atomic E-state index is -2.10. The molecule has 3 heterocycles. The van der Waals surface area contributed by atoms with Crippen LogP contribution in [0.1, 0.15) is 12.5 Å². The molecule has 0 saturated carbocycles. The van der Waals surface area contributed by atoms with Gasteiger partial charge in [0.25, 0.3) is 0 Å². The highest BCUT2D eigenvalue weighted by molar-refractivity contribution is 5.94. The number of aliphatic hydroxyl groups is 2. The molecule has 2 aromatic carbocycles. The van der Waals surface area contributed by atoms with Gasteiger partial charge in [0.05, 0.1) is 24.8 Å². The number of aromatic nitrogens is 7. The number of amides is 2. The molecule has 0 bridgehead atoms. The van der Waals surface area contributed by atoms with Crippen LogP contribution in [0, 0.1) is 11.6 Å². The summed E-state index contributed by atoms with van der Waals surface area (Å²) >= 11 is 0. The molecule has 0 aliphatic carbocycles. The number of aliphatic hydroxyl groups excluding tert-OH is 1. The molecule has 1 fully saturated rings. The Morgan fingerprint density at radius 1 is 1.14 bits per heavy atom. The molecule has 1 aliphatic heterocycles. The Balaban J connectivity index is 1.46. The summed E-state index contributed by atoms with van der Waals surface area (Å²) in [6.07, 6.45) is 2.66. The van der Waals surface area contributed by atoms with Gasteiger partial charge in [-0.3, -0.25) is 9.80 Å². The summed E-state index contributed by atoms with van der Waals surface area (Å²) in [7, 11) is 0. The first-order valence-electron chi connectivity index (χ1n) is 10.9. The fourth-order valence-corrected chi connectivity index (χ4v) is 4.38. The smallest absolute Gasteiger partial charge is 0.327 e. The maximum Gasteiger partial charge on any atom is 0.327 e. The molecule has 1 saturated heterocycles. The Morgan fingerprint density at radius 3 is 2.53 bits per heavy atom. The van der Waals surface area contributed by atoms with E-state index in [0.29, 0.717) is 17.4 Å². The first-order chi connectivity index (χ1) is 17.3. The number of hydrogen-bond donors (Lipinski definition) is 2. The Morgan fingerprint density at radius 2 is 1.89 bits per heavy atom. The molecule has 4 aromatic rings. The molecule has 5 rings (SSSR count). The number of carbonyl (C=O) groups is 1. The van der Waals surface area contributed by atoms with Crippen LogP contribution in [0.2, 0.25) is 0 Å². The standard InChI is InChI=1S/C22H21F2N9O3/c1-14(22(36,10-30-12-25-11-27-30)18-7-2-15(23)8-19(18)24)33-20(34)9-31(21(33)35)16-3-5-17(6-4-16)32-13-26-28-29-32/h2-8,11-14,20,34,36H,9-10H2,1H3/t14-,20+,22-/m1/s1. The maximum atomic E-state index is 14.9. The van der Waals surface area contributed by atoms with Gasteiger partial charge < -0.3 is 10.2 Å². The molecule has 1 aliphatic rings. The van der Waals surface area contributed by atoms with Gasteiger partial charge in [-0.2, -0.15) is 5.10 Å². The molecule has 186 valence electrons. The van der Waals surface area contributed by atoms with Crippen molar-refractivity contribution in [3.63, 3.8) is 0 Å². The third-order valence-electron chi connectivity index (χ3n) is 6.27. The minimum absolute atomic E-state index is 0.0985. The lowest BCUT2D eigenvalue weighted by atomic mass is 9.85. The summed E-state index contributed by atoms with van der Waals surface area (Å²) in [6, 6.07) is 7.74. The molecular weight excluding hydrogens is 476 g/mol. The topological polar surface area (TPSA) is 138 Å². The number of tetrazole rings is 1. The normalized spacial score (nSPS) is 18.5. The molecule has 0 spiro atoms. The lowest BCUT2D eigenvalue weighted by Gasteiger charge is -2.40. The molecule has 2 amide bonds. The van der Waals surface area contributed by atoms with Gasteiger partial charge >= 0.3 is 6.03 Å². The highest BCUT2D eigenvalue weighted by atomic mass is 19.1. The number of hydrogen-bond acceptors (Lipinski definition) is 8. The van der Waals surface area contributed by atoms with Crippen molar-refractivity contribution in [2.75, 3.05) is 11.4 Å². The van der Waals surface area contributed by atoms with Crippen LogP contribution in [-0.4, -0.2) is 74.9 Å². The van der Waals surface area contributed by atoms with Crippen molar-refractivity contribution in [3.05, 3.63) is 78.6 Å². The molecular formula is C22H21F2N9O3. The Labute approximate surface area is 203 Å². The van der Waals surface area contributed by atoms with Crippen molar-refractivity contribution in [1.29, 1.82) is 0 Å². The van der Waals surface area contributed by atoms with Crippen LogP contribution in [0.5, 0.6) is 0 Å². The van der Waals surface area contributed by atoms with Crippen LogP contribution in [-0.2, 0) is 12.1 Å². The number of nitrogens with zero attached hydrogens (tertiary/aromatic N) is 9. The number of benzene rings is 2. The molecule has 0 radical (unpaired) electrons. The second-order valence-corrected chi connectivity index (χ2v) is 8.37. The molecule has 12 nitrogen and oxygen atoms in total. The first kappa shape index (κ1) is 23.4. The van der Waals surface area contributed by atoms with E-state index in [1.807, 2.05) is 0 Å². The van der Waals surface area contributed by atoms with E-state index < -0.39 is 35.5 Å². The number of halogens is 2. The van der Waals surface area contributed by atoms with E-state index in [0.717, 1.165) is 17.0 Å².